The Hall–Kier alpha value is -2.54. The lowest BCUT2D eigenvalue weighted by atomic mass is 9.71. The molecule has 2 aliphatic rings. The number of thiophene rings is 1. The van der Waals surface area contributed by atoms with E-state index < -0.39 is 11.5 Å². The molecule has 0 radical (unpaired) electrons. The highest BCUT2D eigenvalue weighted by Gasteiger charge is 2.64. The summed E-state index contributed by atoms with van der Waals surface area (Å²) in [5, 5.41) is 5.31. The molecular weight excluding hydrogens is 423 g/mol. The van der Waals surface area contributed by atoms with Gasteiger partial charge in [-0.15, -0.1) is 11.3 Å². The number of likely N-dealkylation sites (tertiary alicyclic amines) is 1. The Morgan fingerprint density at radius 1 is 1.23 bits per heavy atom. The summed E-state index contributed by atoms with van der Waals surface area (Å²) >= 11 is 7.66. The predicted octanol–water partition coefficient (Wildman–Crippen LogP) is 4.92. The van der Waals surface area contributed by atoms with E-state index in [1.54, 1.807) is 36.4 Å². The SMILES string of the molecule is CN1C[C@H](c2ccc(F)cc2)[C@@H](C(=O)c2cccs2)[C@]12C(=O)Nc1ccc(Cl)cc12. The molecule has 1 N–H and O–H groups in total. The minimum atomic E-state index is -1.18. The van der Waals surface area contributed by atoms with Gasteiger partial charge in [0.1, 0.15) is 11.4 Å². The van der Waals surface area contributed by atoms with Crippen LogP contribution in [0.3, 0.4) is 0 Å². The summed E-state index contributed by atoms with van der Waals surface area (Å²) in [6.07, 6.45) is 0. The smallest absolute Gasteiger partial charge is 0.250 e. The van der Waals surface area contributed by atoms with Gasteiger partial charge in [-0.05, 0) is 54.4 Å². The van der Waals surface area contributed by atoms with Crippen LogP contribution in [0.4, 0.5) is 10.1 Å². The first-order valence-electron chi connectivity index (χ1n) is 9.59. The van der Waals surface area contributed by atoms with E-state index in [0.717, 1.165) is 5.56 Å². The highest BCUT2D eigenvalue weighted by molar-refractivity contribution is 7.12. The molecule has 1 saturated heterocycles. The van der Waals surface area contributed by atoms with Gasteiger partial charge in [-0.25, -0.2) is 4.39 Å². The standard InChI is InChI=1S/C23H18ClFN2O2S/c1-27-12-16(13-4-7-15(25)8-5-13)20(21(28)19-3-2-10-30-19)23(27)17-11-14(24)6-9-18(17)26-22(23)29/h2-11,16,20H,12H2,1H3,(H,26,29)/t16-,20+,23-/m1/s1. The Morgan fingerprint density at radius 3 is 2.70 bits per heavy atom. The first-order valence-corrected chi connectivity index (χ1v) is 10.8. The molecule has 1 fully saturated rings. The van der Waals surface area contributed by atoms with E-state index in [2.05, 4.69) is 5.32 Å². The number of likely N-dealkylation sites (N-methyl/N-ethyl adjacent to an activating group) is 1. The lowest BCUT2D eigenvalue weighted by Gasteiger charge is -2.35. The van der Waals surface area contributed by atoms with Crippen molar-refractivity contribution >= 4 is 40.3 Å². The number of halogens is 2. The van der Waals surface area contributed by atoms with Crippen LogP contribution in [-0.4, -0.2) is 30.2 Å². The predicted molar refractivity (Wildman–Crippen MR) is 116 cm³/mol. The number of carbonyl (C=O) groups excluding carboxylic acids is 2. The van der Waals surface area contributed by atoms with Crippen molar-refractivity contribution in [2.24, 2.45) is 5.92 Å². The van der Waals surface area contributed by atoms with Crippen LogP contribution in [0, 0.1) is 11.7 Å². The molecule has 1 spiro atoms. The molecule has 5 rings (SSSR count). The summed E-state index contributed by atoms with van der Waals surface area (Å²) in [6, 6.07) is 15.1. The molecule has 0 saturated carbocycles. The fraction of sp³-hybridized carbons (Fsp3) is 0.217. The number of carbonyl (C=O) groups is 2. The number of benzene rings is 2. The molecule has 1 aromatic heterocycles. The molecule has 3 atom stereocenters. The summed E-state index contributed by atoms with van der Waals surface area (Å²) in [7, 11) is 1.85. The second kappa shape index (κ2) is 7.01. The number of nitrogens with zero attached hydrogens (tertiary/aromatic N) is 1. The molecule has 152 valence electrons. The van der Waals surface area contributed by atoms with Crippen LogP contribution >= 0.6 is 22.9 Å². The van der Waals surface area contributed by atoms with E-state index >= 15 is 0 Å². The highest BCUT2D eigenvalue weighted by Crippen LogP contribution is 2.56. The minimum absolute atomic E-state index is 0.0911. The Balaban J connectivity index is 1.74. The summed E-state index contributed by atoms with van der Waals surface area (Å²) in [4.78, 5) is 29.8. The Labute approximate surface area is 182 Å². The van der Waals surface area contributed by atoms with Crippen molar-refractivity contribution in [3.63, 3.8) is 0 Å². The first kappa shape index (κ1) is 19.4. The first-order chi connectivity index (χ1) is 14.4. The van der Waals surface area contributed by atoms with Crippen LogP contribution in [0.5, 0.6) is 0 Å². The monoisotopic (exact) mass is 440 g/mol. The van der Waals surface area contributed by atoms with Crippen LogP contribution in [0.25, 0.3) is 0 Å². The van der Waals surface area contributed by atoms with Gasteiger partial charge in [0.15, 0.2) is 5.78 Å². The number of hydrogen-bond donors (Lipinski definition) is 1. The van der Waals surface area contributed by atoms with Crippen molar-refractivity contribution in [1.82, 2.24) is 4.90 Å². The zero-order valence-corrected chi connectivity index (χ0v) is 17.6. The van der Waals surface area contributed by atoms with Gasteiger partial charge < -0.3 is 5.32 Å². The summed E-state index contributed by atoms with van der Waals surface area (Å²) in [5.74, 6) is -1.61. The Morgan fingerprint density at radius 2 is 2.00 bits per heavy atom. The summed E-state index contributed by atoms with van der Waals surface area (Å²) in [5.41, 5.74) is 1.03. The van der Waals surface area contributed by atoms with Crippen molar-refractivity contribution < 1.29 is 14.0 Å². The van der Waals surface area contributed by atoms with Gasteiger partial charge >= 0.3 is 0 Å². The van der Waals surface area contributed by atoms with E-state index in [1.807, 2.05) is 23.4 Å². The molecular formula is C23H18ClFN2O2S. The molecule has 7 heteroatoms. The molecule has 3 heterocycles. The maximum atomic E-state index is 13.8. The topological polar surface area (TPSA) is 49.4 Å². The number of ketones is 1. The second-order valence-corrected chi connectivity index (χ2v) is 9.15. The number of rotatable bonds is 3. The van der Waals surface area contributed by atoms with Gasteiger partial charge in [0.25, 0.3) is 0 Å². The molecule has 2 aromatic carbocycles. The van der Waals surface area contributed by atoms with Crippen LogP contribution in [-0.2, 0) is 10.3 Å². The number of Topliss-reactive ketones (excluding diaryl/α,β-unsaturated/α-hetero) is 1. The fourth-order valence-corrected chi connectivity index (χ4v) is 5.87. The molecule has 2 aliphatic heterocycles. The average Bonchev–Trinajstić information content (AvgIpc) is 3.42. The normalized spacial score (nSPS) is 25.5. The molecule has 0 bridgehead atoms. The fourth-order valence-electron chi connectivity index (χ4n) is 4.99. The second-order valence-electron chi connectivity index (χ2n) is 7.77. The maximum Gasteiger partial charge on any atom is 0.250 e. The number of nitrogens with one attached hydrogen (secondary N) is 1. The van der Waals surface area contributed by atoms with Crippen LogP contribution in [0.15, 0.2) is 60.0 Å². The third-order valence-corrected chi connectivity index (χ3v) is 7.38. The van der Waals surface area contributed by atoms with Crippen molar-refractivity contribution in [3.05, 3.63) is 86.8 Å². The summed E-state index contributed by atoms with van der Waals surface area (Å²) < 4.78 is 13.6. The van der Waals surface area contributed by atoms with Gasteiger partial charge in [0.05, 0.1) is 10.8 Å². The lowest BCUT2D eigenvalue weighted by Crippen LogP contribution is -2.51. The lowest BCUT2D eigenvalue weighted by molar-refractivity contribution is -0.126. The van der Waals surface area contributed by atoms with E-state index in [1.165, 1.54) is 23.5 Å². The quantitative estimate of drug-likeness (QED) is 0.588. The van der Waals surface area contributed by atoms with Crippen molar-refractivity contribution in [3.8, 4) is 0 Å². The van der Waals surface area contributed by atoms with E-state index in [-0.39, 0.29) is 23.4 Å². The van der Waals surface area contributed by atoms with Gasteiger partial charge in [0.2, 0.25) is 5.91 Å². The molecule has 3 aromatic rings. The van der Waals surface area contributed by atoms with Gasteiger partial charge in [0, 0.05) is 28.7 Å². The molecule has 30 heavy (non-hydrogen) atoms. The van der Waals surface area contributed by atoms with E-state index in [9.17, 15) is 14.0 Å². The highest BCUT2D eigenvalue weighted by atomic mass is 35.5. The number of anilines is 1. The zero-order valence-electron chi connectivity index (χ0n) is 16.1. The molecule has 0 unspecified atom stereocenters. The molecule has 4 nitrogen and oxygen atoms in total. The maximum absolute atomic E-state index is 13.8. The zero-order chi connectivity index (χ0) is 21.0. The van der Waals surface area contributed by atoms with Crippen molar-refractivity contribution in [2.45, 2.75) is 11.5 Å². The van der Waals surface area contributed by atoms with Crippen LogP contribution in [0.2, 0.25) is 5.02 Å². The summed E-state index contributed by atoms with van der Waals surface area (Å²) in [6.45, 7) is 0.479. The van der Waals surface area contributed by atoms with Gasteiger partial charge in [-0.1, -0.05) is 29.8 Å². The van der Waals surface area contributed by atoms with Crippen LogP contribution < -0.4 is 5.32 Å². The van der Waals surface area contributed by atoms with Gasteiger partial charge in [-0.2, -0.15) is 0 Å². The van der Waals surface area contributed by atoms with Crippen LogP contribution in [0.1, 0.15) is 26.7 Å². The van der Waals surface area contributed by atoms with Crippen molar-refractivity contribution in [2.75, 3.05) is 18.9 Å². The Bertz CT molecular complexity index is 1150. The third-order valence-electron chi connectivity index (χ3n) is 6.26. The van der Waals surface area contributed by atoms with Gasteiger partial charge in [-0.3, -0.25) is 14.5 Å². The largest absolute Gasteiger partial charge is 0.324 e. The third kappa shape index (κ3) is 2.68. The minimum Gasteiger partial charge on any atom is -0.324 e. The molecule has 0 aliphatic carbocycles. The number of amides is 1. The number of hydrogen-bond acceptors (Lipinski definition) is 4. The van der Waals surface area contributed by atoms with Crippen molar-refractivity contribution in [1.29, 1.82) is 0 Å². The van der Waals surface area contributed by atoms with E-state index in [4.69, 9.17) is 11.6 Å². The Kier molecular flexibility index (Phi) is 4.54. The molecule has 1 amide bonds. The average molecular weight is 441 g/mol. The number of fused-ring (bicyclic) bond motifs is 2. The van der Waals surface area contributed by atoms with E-state index in [0.29, 0.717) is 27.7 Å².